The van der Waals surface area contributed by atoms with Crippen molar-refractivity contribution in [2.75, 3.05) is 18.4 Å². The molecule has 0 radical (unpaired) electrons. The van der Waals surface area contributed by atoms with E-state index in [4.69, 9.17) is 0 Å². The monoisotopic (exact) mass is 370 g/mol. The molecule has 26 heavy (non-hydrogen) atoms. The summed E-state index contributed by atoms with van der Waals surface area (Å²) in [5, 5.41) is 2.67. The molecule has 1 heterocycles. The van der Waals surface area contributed by atoms with Crippen molar-refractivity contribution < 1.29 is 22.8 Å². The van der Waals surface area contributed by atoms with Crippen molar-refractivity contribution in [1.29, 1.82) is 0 Å². The lowest BCUT2D eigenvalue weighted by Crippen LogP contribution is -2.43. The van der Waals surface area contributed by atoms with Crippen LogP contribution in [0.3, 0.4) is 0 Å². The zero-order valence-corrected chi connectivity index (χ0v) is 15.1. The van der Waals surface area contributed by atoms with Gasteiger partial charge < -0.3 is 10.2 Å². The first kappa shape index (κ1) is 20.3. The Morgan fingerprint density at radius 1 is 1.12 bits per heavy atom. The molecule has 144 valence electrons. The predicted molar refractivity (Wildman–Crippen MR) is 93.4 cm³/mol. The molecule has 1 fully saturated rings. The molecular formula is C19H25F3N2O2. The highest BCUT2D eigenvalue weighted by Crippen LogP contribution is 2.30. The average molecular weight is 370 g/mol. The Morgan fingerprint density at radius 3 is 2.12 bits per heavy atom. The normalized spacial score (nSPS) is 16.0. The van der Waals surface area contributed by atoms with E-state index in [1.807, 2.05) is 18.7 Å². The van der Waals surface area contributed by atoms with E-state index in [-0.39, 0.29) is 23.7 Å². The molecule has 1 N–H and O–H groups in total. The fourth-order valence-electron chi connectivity index (χ4n) is 3.25. The molecule has 0 spiro atoms. The van der Waals surface area contributed by atoms with Crippen molar-refractivity contribution in [3.8, 4) is 0 Å². The van der Waals surface area contributed by atoms with Crippen LogP contribution in [0.5, 0.6) is 0 Å². The third kappa shape index (κ3) is 4.99. The molecule has 1 aliphatic heterocycles. The summed E-state index contributed by atoms with van der Waals surface area (Å²) in [6.45, 7) is 5.08. The van der Waals surface area contributed by atoms with Gasteiger partial charge in [-0.25, -0.2) is 0 Å². The summed E-state index contributed by atoms with van der Waals surface area (Å²) in [7, 11) is 0. The van der Waals surface area contributed by atoms with Gasteiger partial charge in [-0.15, -0.1) is 0 Å². The summed E-state index contributed by atoms with van der Waals surface area (Å²) in [5.41, 5.74) is -0.401. The van der Waals surface area contributed by atoms with E-state index in [1.165, 1.54) is 12.1 Å². The molecule has 2 amide bonds. The minimum atomic E-state index is -4.39. The summed E-state index contributed by atoms with van der Waals surface area (Å²) in [6, 6.07) is 4.41. The Bertz CT molecular complexity index is 617. The largest absolute Gasteiger partial charge is 0.416 e. The molecule has 1 aromatic rings. The number of nitrogens with zero attached hydrogens (tertiary/aromatic N) is 1. The molecule has 1 aliphatic rings. The lowest BCUT2D eigenvalue weighted by atomic mass is 9.93. The van der Waals surface area contributed by atoms with E-state index in [0.29, 0.717) is 31.6 Å². The van der Waals surface area contributed by atoms with E-state index in [1.54, 1.807) is 0 Å². The number of anilines is 1. The number of piperidine rings is 1. The number of hydrogen-bond donors (Lipinski definition) is 1. The van der Waals surface area contributed by atoms with Crippen molar-refractivity contribution in [1.82, 2.24) is 4.90 Å². The Labute approximate surface area is 151 Å². The highest BCUT2D eigenvalue weighted by molar-refractivity contribution is 5.92. The number of nitrogens with one attached hydrogen (secondary N) is 1. The maximum Gasteiger partial charge on any atom is 0.416 e. The fourth-order valence-corrected chi connectivity index (χ4v) is 3.25. The maximum absolute atomic E-state index is 12.6. The van der Waals surface area contributed by atoms with Crippen molar-refractivity contribution in [2.45, 2.75) is 45.7 Å². The number of likely N-dealkylation sites (tertiary alicyclic amines) is 1. The van der Waals surface area contributed by atoms with E-state index in [0.717, 1.165) is 25.0 Å². The van der Waals surface area contributed by atoms with Crippen LogP contribution in [0.4, 0.5) is 18.9 Å². The molecule has 2 rings (SSSR count). The van der Waals surface area contributed by atoms with Gasteiger partial charge in [0.05, 0.1) is 5.56 Å². The average Bonchev–Trinajstić information content (AvgIpc) is 2.62. The summed E-state index contributed by atoms with van der Waals surface area (Å²) < 4.78 is 37.7. The molecule has 7 heteroatoms. The maximum atomic E-state index is 12.6. The lowest BCUT2D eigenvalue weighted by molar-refractivity contribution is -0.138. The van der Waals surface area contributed by atoms with Crippen molar-refractivity contribution in [3.63, 3.8) is 0 Å². The Hall–Kier alpha value is -2.05. The molecule has 0 unspecified atom stereocenters. The predicted octanol–water partition coefficient (Wildman–Crippen LogP) is 4.32. The first-order valence-electron chi connectivity index (χ1n) is 9.03. The fraction of sp³-hybridized carbons (Fsp3) is 0.579. The van der Waals surface area contributed by atoms with Gasteiger partial charge in [0.1, 0.15) is 0 Å². The highest BCUT2D eigenvalue weighted by Gasteiger charge is 2.31. The SMILES string of the molecule is CCC(CC)C(=O)N1CCC(C(=O)Nc2ccc(C(F)(F)F)cc2)CC1. The van der Waals surface area contributed by atoms with Crippen molar-refractivity contribution in [2.24, 2.45) is 11.8 Å². The molecule has 0 aromatic heterocycles. The highest BCUT2D eigenvalue weighted by atomic mass is 19.4. The van der Waals surface area contributed by atoms with E-state index in [9.17, 15) is 22.8 Å². The van der Waals surface area contributed by atoms with Gasteiger partial charge in [-0.3, -0.25) is 9.59 Å². The number of benzene rings is 1. The standard InChI is InChI=1S/C19H25F3N2O2/c1-3-13(4-2)18(26)24-11-9-14(10-12-24)17(25)23-16-7-5-15(6-8-16)19(20,21)22/h5-8,13-14H,3-4,9-12H2,1-2H3,(H,23,25). The van der Waals surface area contributed by atoms with Gasteiger partial charge in [-0.05, 0) is 49.9 Å². The second-order valence-electron chi connectivity index (χ2n) is 6.68. The Kier molecular flexibility index (Phi) is 6.67. The molecule has 1 saturated heterocycles. The Balaban J connectivity index is 1.87. The van der Waals surface area contributed by atoms with Gasteiger partial charge in [0.15, 0.2) is 0 Å². The molecule has 0 bridgehead atoms. The van der Waals surface area contributed by atoms with Crippen LogP contribution in [0.15, 0.2) is 24.3 Å². The van der Waals surface area contributed by atoms with Crippen LogP contribution in [0.1, 0.15) is 45.1 Å². The smallest absolute Gasteiger partial charge is 0.342 e. The number of halogens is 3. The van der Waals surface area contributed by atoms with Crippen LogP contribution < -0.4 is 5.32 Å². The molecule has 1 aromatic carbocycles. The summed E-state index contributed by atoms with van der Waals surface area (Å²) in [6.07, 6.45) is -1.64. The van der Waals surface area contributed by atoms with Crippen LogP contribution in [-0.4, -0.2) is 29.8 Å². The summed E-state index contributed by atoms with van der Waals surface area (Å²) in [4.78, 5) is 26.5. The van der Waals surface area contributed by atoms with E-state index in [2.05, 4.69) is 5.32 Å². The first-order valence-corrected chi connectivity index (χ1v) is 9.03. The number of hydrogen-bond acceptors (Lipinski definition) is 2. The van der Waals surface area contributed by atoms with Crippen LogP contribution in [0.2, 0.25) is 0 Å². The minimum absolute atomic E-state index is 0.0347. The van der Waals surface area contributed by atoms with E-state index < -0.39 is 11.7 Å². The molecule has 4 nitrogen and oxygen atoms in total. The second kappa shape index (κ2) is 8.56. The number of carbonyl (C=O) groups excluding carboxylic acids is 2. The zero-order chi connectivity index (χ0) is 19.3. The van der Waals surface area contributed by atoms with Crippen molar-refractivity contribution >= 4 is 17.5 Å². The van der Waals surface area contributed by atoms with Crippen molar-refractivity contribution in [3.05, 3.63) is 29.8 Å². The molecule has 0 aliphatic carbocycles. The van der Waals surface area contributed by atoms with Crippen LogP contribution in [0, 0.1) is 11.8 Å². The van der Waals surface area contributed by atoms with Gasteiger partial charge in [0.25, 0.3) is 0 Å². The van der Waals surface area contributed by atoms with Gasteiger partial charge >= 0.3 is 6.18 Å². The molecular weight excluding hydrogens is 345 g/mol. The Morgan fingerprint density at radius 2 is 1.65 bits per heavy atom. The number of carbonyl (C=O) groups is 2. The number of amides is 2. The van der Waals surface area contributed by atoms with Gasteiger partial charge in [0, 0.05) is 30.6 Å². The van der Waals surface area contributed by atoms with Gasteiger partial charge in [-0.1, -0.05) is 13.8 Å². The quantitative estimate of drug-likeness (QED) is 0.839. The topological polar surface area (TPSA) is 49.4 Å². The van der Waals surface area contributed by atoms with Crippen LogP contribution in [0.25, 0.3) is 0 Å². The third-order valence-electron chi connectivity index (χ3n) is 4.99. The lowest BCUT2D eigenvalue weighted by Gasteiger charge is -2.33. The number of rotatable bonds is 5. The van der Waals surface area contributed by atoms with Gasteiger partial charge in [-0.2, -0.15) is 13.2 Å². The minimum Gasteiger partial charge on any atom is -0.342 e. The molecule has 0 atom stereocenters. The molecule has 0 saturated carbocycles. The van der Waals surface area contributed by atoms with Crippen LogP contribution in [-0.2, 0) is 15.8 Å². The van der Waals surface area contributed by atoms with Crippen LogP contribution >= 0.6 is 0 Å². The summed E-state index contributed by atoms with van der Waals surface area (Å²) >= 11 is 0. The zero-order valence-electron chi connectivity index (χ0n) is 15.1. The summed E-state index contributed by atoms with van der Waals surface area (Å²) in [5.74, 6) is -0.258. The second-order valence-corrected chi connectivity index (χ2v) is 6.68. The van der Waals surface area contributed by atoms with Gasteiger partial charge in [0.2, 0.25) is 11.8 Å². The first-order chi connectivity index (χ1) is 12.3. The number of alkyl halides is 3. The third-order valence-corrected chi connectivity index (χ3v) is 4.99. The van der Waals surface area contributed by atoms with E-state index >= 15 is 0 Å².